The summed E-state index contributed by atoms with van der Waals surface area (Å²) in [5.74, 6) is -0.209. The topological polar surface area (TPSA) is 57.8 Å². The molecule has 0 aliphatic heterocycles. The average molecular weight is 269 g/mol. The number of carbonyl (C=O) groups is 1. The third-order valence-corrected chi connectivity index (χ3v) is 2.91. The molecule has 1 amide bonds. The van der Waals surface area contributed by atoms with E-state index in [-0.39, 0.29) is 18.0 Å². The zero-order valence-corrected chi connectivity index (χ0v) is 10.6. The minimum Gasteiger partial charge on any atom is -0.342 e. The normalized spacial score (nSPS) is 10.7. The Morgan fingerprint density at radius 1 is 1.15 bits per heavy atom. The maximum Gasteiger partial charge on any atom is 0.232 e. The van der Waals surface area contributed by atoms with E-state index in [1.165, 1.54) is 12.1 Å². The van der Waals surface area contributed by atoms with Crippen LogP contribution in [0.1, 0.15) is 5.82 Å². The number of benzene rings is 2. The van der Waals surface area contributed by atoms with Gasteiger partial charge >= 0.3 is 0 Å². The van der Waals surface area contributed by atoms with E-state index in [2.05, 4.69) is 15.3 Å². The summed E-state index contributed by atoms with van der Waals surface area (Å²) in [6.07, 6.45) is 0.0724. The molecule has 0 bridgehead atoms. The quantitative estimate of drug-likeness (QED) is 0.768. The monoisotopic (exact) mass is 269 g/mol. The first-order valence-electron chi connectivity index (χ1n) is 6.20. The lowest BCUT2D eigenvalue weighted by molar-refractivity contribution is -0.115. The van der Waals surface area contributed by atoms with Crippen molar-refractivity contribution in [1.29, 1.82) is 0 Å². The molecule has 4 nitrogen and oxygen atoms in total. The molecular formula is C15H12FN3O. The molecule has 0 saturated carbocycles. The molecule has 5 heteroatoms. The van der Waals surface area contributed by atoms with Crippen LogP contribution in [0.5, 0.6) is 0 Å². The lowest BCUT2D eigenvalue weighted by Gasteiger charge is -2.04. The van der Waals surface area contributed by atoms with Gasteiger partial charge < -0.3 is 10.3 Å². The number of nitrogens with zero attached hydrogens (tertiary/aromatic N) is 1. The zero-order chi connectivity index (χ0) is 13.9. The highest BCUT2D eigenvalue weighted by Gasteiger charge is 2.10. The van der Waals surface area contributed by atoms with Gasteiger partial charge in [0, 0.05) is 0 Å². The molecule has 0 saturated heterocycles. The van der Waals surface area contributed by atoms with Gasteiger partial charge in [-0.1, -0.05) is 24.3 Å². The molecule has 1 aromatic heterocycles. The second-order valence-electron chi connectivity index (χ2n) is 4.41. The number of aromatic amines is 1. The average Bonchev–Trinajstić information content (AvgIpc) is 2.83. The van der Waals surface area contributed by atoms with Crippen molar-refractivity contribution in [3.05, 3.63) is 60.2 Å². The predicted octanol–water partition coefficient (Wildman–Crippen LogP) is 2.88. The highest BCUT2D eigenvalue weighted by molar-refractivity contribution is 5.92. The maximum atomic E-state index is 13.4. The number of anilines is 1. The fraction of sp³-hybridized carbons (Fsp3) is 0.0667. The number of hydrogen-bond donors (Lipinski definition) is 2. The summed E-state index contributed by atoms with van der Waals surface area (Å²) in [6.45, 7) is 0. The molecule has 2 aromatic carbocycles. The van der Waals surface area contributed by atoms with E-state index >= 15 is 0 Å². The Morgan fingerprint density at radius 3 is 2.70 bits per heavy atom. The third kappa shape index (κ3) is 2.51. The number of carbonyl (C=O) groups excluding carboxylic acids is 1. The lowest BCUT2D eigenvalue weighted by atomic mass is 10.3. The summed E-state index contributed by atoms with van der Waals surface area (Å²) in [4.78, 5) is 19.2. The summed E-state index contributed by atoms with van der Waals surface area (Å²) < 4.78 is 13.4. The molecule has 0 aliphatic rings. The zero-order valence-electron chi connectivity index (χ0n) is 10.6. The van der Waals surface area contributed by atoms with Gasteiger partial charge in [0.1, 0.15) is 11.6 Å². The number of rotatable bonds is 3. The number of halogens is 1. The molecule has 0 spiro atoms. The van der Waals surface area contributed by atoms with E-state index in [0.717, 1.165) is 11.0 Å². The summed E-state index contributed by atoms with van der Waals surface area (Å²) in [7, 11) is 0. The number of hydrogen-bond acceptors (Lipinski definition) is 2. The Morgan fingerprint density at radius 2 is 1.90 bits per heavy atom. The van der Waals surface area contributed by atoms with Crippen molar-refractivity contribution in [2.75, 3.05) is 5.32 Å². The molecule has 0 atom stereocenters. The van der Waals surface area contributed by atoms with Gasteiger partial charge in [-0.3, -0.25) is 4.79 Å². The fourth-order valence-corrected chi connectivity index (χ4v) is 2.00. The second kappa shape index (κ2) is 5.13. The van der Waals surface area contributed by atoms with Crippen molar-refractivity contribution in [1.82, 2.24) is 9.97 Å². The van der Waals surface area contributed by atoms with Crippen molar-refractivity contribution < 1.29 is 9.18 Å². The Bertz CT molecular complexity index is 733. The van der Waals surface area contributed by atoms with Gasteiger partial charge in [0.2, 0.25) is 5.91 Å². The minimum atomic E-state index is -0.453. The van der Waals surface area contributed by atoms with Gasteiger partial charge in [0.05, 0.1) is 23.1 Å². The SMILES string of the molecule is O=C(Cc1nc2ccccc2[nH]1)Nc1ccccc1F. The molecule has 100 valence electrons. The van der Waals surface area contributed by atoms with Crippen LogP contribution >= 0.6 is 0 Å². The van der Waals surface area contributed by atoms with E-state index in [1.807, 2.05) is 24.3 Å². The lowest BCUT2D eigenvalue weighted by Crippen LogP contribution is -2.16. The van der Waals surface area contributed by atoms with Gasteiger partial charge in [-0.05, 0) is 24.3 Å². The van der Waals surface area contributed by atoms with Gasteiger partial charge in [-0.25, -0.2) is 9.37 Å². The van der Waals surface area contributed by atoms with Crippen LogP contribution in [0.15, 0.2) is 48.5 Å². The van der Waals surface area contributed by atoms with Gasteiger partial charge in [-0.2, -0.15) is 0 Å². The van der Waals surface area contributed by atoms with Crippen molar-refractivity contribution in [2.24, 2.45) is 0 Å². The number of nitrogens with one attached hydrogen (secondary N) is 2. The fourth-order valence-electron chi connectivity index (χ4n) is 2.00. The van der Waals surface area contributed by atoms with Crippen molar-refractivity contribution in [3.63, 3.8) is 0 Å². The summed E-state index contributed by atoms with van der Waals surface area (Å²) in [6, 6.07) is 13.6. The summed E-state index contributed by atoms with van der Waals surface area (Å²) in [5.41, 5.74) is 1.86. The molecule has 0 radical (unpaired) electrons. The largest absolute Gasteiger partial charge is 0.342 e. The smallest absolute Gasteiger partial charge is 0.232 e. The Hall–Kier alpha value is -2.69. The maximum absolute atomic E-state index is 13.4. The van der Waals surface area contributed by atoms with E-state index < -0.39 is 5.82 Å². The van der Waals surface area contributed by atoms with Crippen LogP contribution in [-0.4, -0.2) is 15.9 Å². The molecule has 3 aromatic rings. The Kier molecular flexibility index (Phi) is 3.16. The number of para-hydroxylation sites is 3. The Labute approximate surface area is 114 Å². The first-order valence-corrected chi connectivity index (χ1v) is 6.20. The summed E-state index contributed by atoms with van der Waals surface area (Å²) in [5, 5.41) is 2.53. The standard InChI is InChI=1S/C15H12FN3O/c16-10-5-1-2-6-11(10)19-15(20)9-14-17-12-7-3-4-8-13(12)18-14/h1-8H,9H2,(H,17,18)(H,19,20). The first kappa shape index (κ1) is 12.3. The molecule has 0 unspecified atom stereocenters. The molecule has 2 N–H and O–H groups in total. The highest BCUT2D eigenvalue weighted by Crippen LogP contribution is 2.14. The second-order valence-corrected chi connectivity index (χ2v) is 4.41. The number of amides is 1. The molecule has 3 rings (SSSR count). The van der Waals surface area contributed by atoms with Crippen LogP contribution in [0.3, 0.4) is 0 Å². The molecule has 0 aliphatic carbocycles. The number of H-pyrrole nitrogens is 1. The van der Waals surface area contributed by atoms with Crippen LogP contribution in [0.4, 0.5) is 10.1 Å². The van der Waals surface area contributed by atoms with Crippen LogP contribution in [0.25, 0.3) is 11.0 Å². The van der Waals surface area contributed by atoms with Crippen LogP contribution in [0, 0.1) is 5.82 Å². The molecule has 20 heavy (non-hydrogen) atoms. The van der Waals surface area contributed by atoms with Crippen LogP contribution in [-0.2, 0) is 11.2 Å². The number of aromatic nitrogens is 2. The number of imidazole rings is 1. The van der Waals surface area contributed by atoms with Gasteiger partial charge in [-0.15, -0.1) is 0 Å². The molecule has 0 fully saturated rings. The third-order valence-electron chi connectivity index (χ3n) is 2.91. The van der Waals surface area contributed by atoms with Crippen LogP contribution < -0.4 is 5.32 Å². The van der Waals surface area contributed by atoms with Gasteiger partial charge in [0.15, 0.2) is 0 Å². The minimum absolute atomic E-state index is 0.0724. The molecule has 1 heterocycles. The number of fused-ring (bicyclic) bond motifs is 1. The van der Waals surface area contributed by atoms with Gasteiger partial charge in [0.25, 0.3) is 0 Å². The Balaban J connectivity index is 1.74. The van der Waals surface area contributed by atoms with E-state index in [9.17, 15) is 9.18 Å². The molecular weight excluding hydrogens is 257 g/mol. The predicted molar refractivity (Wildman–Crippen MR) is 74.8 cm³/mol. The van der Waals surface area contributed by atoms with E-state index in [0.29, 0.717) is 5.82 Å². The first-order chi connectivity index (χ1) is 9.72. The highest BCUT2D eigenvalue weighted by atomic mass is 19.1. The van der Waals surface area contributed by atoms with Crippen molar-refractivity contribution in [2.45, 2.75) is 6.42 Å². The van der Waals surface area contributed by atoms with E-state index in [4.69, 9.17) is 0 Å². The van der Waals surface area contributed by atoms with Crippen LogP contribution in [0.2, 0.25) is 0 Å². The summed E-state index contributed by atoms with van der Waals surface area (Å²) >= 11 is 0. The van der Waals surface area contributed by atoms with E-state index in [1.54, 1.807) is 12.1 Å². The van der Waals surface area contributed by atoms with Crippen molar-refractivity contribution in [3.8, 4) is 0 Å². The van der Waals surface area contributed by atoms with Crippen molar-refractivity contribution >= 4 is 22.6 Å².